The van der Waals surface area contributed by atoms with Crippen molar-refractivity contribution in [3.05, 3.63) is 206 Å². The normalized spacial score (nSPS) is 11.4. The minimum absolute atomic E-state index is 0.596. The van der Waals surface area contributed by atoms with Crippen LogP contribution in [-0.4, -0.2) is 15.0 Å². The van der Waals surface area contributed by atoms with Crippen LogP contribution in [0.3, 0.4) is 0 Å². The van der Waals surface area contributed by atoms with Crippen LogP contribution in [0.25, 0.3) is 88.8 Å². The van der Waals surface area contributed by atoms with E-state index in [1.807, 2.05) is 72.8 Å². The largest absolute Gasteiger partial charge is 0.456 e. The third-order valence-electron chi connectivity index (χ3n) is 10.9. The summed E-state index contributed by atoms with van der Waals surface area (Å²) >= 11 is 0. The maximum atomic E-state index is 6.47. The van der Waals surface area contributed by atoms with Gasteiger partial charge in [0.25, 0.3) is 0 Å². The van der Waals surface area contributed by atoms with E-state index < -0.39 is 0 Å². The van der Waals surface area contributed by atoms with Gasteiger partial charge in [-0.3, -0.25) is 0 Å². The molecule has 58 heavy (non-hydrogen) atoms. The summed E-state index contributed by atoms with van der Waals surface area (Å²) in [6, 6.07) is 71.9. The molecule has 11 rings (SSSR count). The maximum Gasteiger partial charge on any atom is 0.164 e. The second-order valence-electron chi connectivity index (χ2n) is 14.5. The topological polar surface area (TPSA) is 55.1 Å². The van der Waals surface area contributed by atoms with Gasteiger partial charge in [-0.2, -0.15) is 0 Å². The highest BCUT2D eigenvalue weighted by atomic mass is 16.3. The predicted molar refractivity (Wildman–Crippen MR) is 239 cm³/mol. The first-order valence-corrected chi connectivity index (χ1v) is 19.4. The van der Waals surface area contributed by atoms with Crippen LogP contribution in [0.15, 0.2) is 211 Å². The Kier molecular flexibility index (Phi) is 8.07. The van der Waals surface area contributed by atoms with Crippen molar-refractivity contribution in [2.75, 3.05) is 4.90 Å². The summed E-state index contributed by atoms with van der Waals surface area (Å²) in [6.07, 6.45) is 0. The molecule has 11 aromatic rings. The molecule has 5 heteroatoms. The second-order valence-corrected chi connectivity index (χ2v) is 14.5. The number of hydrogen-bond acceptors (Lipinski definition) is 5. The quantitative estimate of drug-likeness (QED) is 0.163. The lowest BCUT2D eigenvalue weighted by molar-refractivity contribution is 0.669. The molecule has 272 valence electrons. The lowest BCUT2D eigenvalue weighted by atomic mass is 10.00. The zero-order valence-corrected chi connectivity index (χ0v) is 31.3. The van der Waals surface area contributed by atoms with E-state index in [1.54, 1.807) is 0 Å². The van der Waals surface area contributed by atoms with Gasteiger partial charge < -0.3 is 9.32 Å². The Morgan fingerprint density at radius 1 is 0.328 bits per heavy atom. The van der Waals surface area contributed by atoms with Gasteiger partial charge in [-0.15, -0.1) is 0 Å². The van der Waals surface area contributed by atoms with Crippen LogP contribution in [0.4, 0.5) is 17.1 Å². The van der Waals surface area contributed by atoms with Crippen LogP contribution >= 0.6 is 0 Å². The van der Waals surface area contributed by atoms with E-state index >= 15 is 0 Å². The van der Waals surface area contributed by atoms with Crippen LogP contribution in [-0.2, 0) is 0 Å². The Morgan fingerprint density at radius 3 is 1.45 bits per heavy atom. The Morgan fingerprint density at radius 2 is 0.845 bits per heavy atom. The lowest BCUT2D eigenvalue weighted by Gasteiger charge is -2.26. The monoisotopic (exact) mass is 742 g/mol. The Labute approximate surface area is 335 Å². The van der Waals surface area contributed by atoms with Gasteiger partial charge in [-0.05, 0) is 87.3 Å². The Balaban J connectivity index is 1.02. The van der Waals surface area contributed by atoms with E-state index in [2.05, 4.69) is 138 Å². The van der Waals surface area contributed by atoms with Gasteiger partial charge in [-0.25, -0.2) is 15.0 Å². The molecule has 0 bridgehead atoms. The summed E-state index contributed by atoms with van der Waals surface area (Å²) in [6.45, 7) is 0. The van der Waals surface area contributed by atoms with Crippen molar-refractivity contribution in [3.8, 4) is 45.3 Å². The molecule has 0 aliphatic heterocycles. The average molecular weight is 743 g/mol. The maximum absolute atomic E-state index is 6.47. The van der Waals surface area contributed by atoms with Gasteiger partial charge in [0.15, 0.2) is 17.5 Å². The molecule has 2 heterocycles. The SMILES string of the molecule is c1ccc(-c2nc(-c3ccccc3)nc(-c3cccc4oc5ccc(-c6ccc(N(c7ccc8ccccc8c7)c7ccc8ccccc8c7)cc6)cc5c34)n2)cc1. The fourth-order valence-electron chi connectivity index (χ4n) is 8.00. The minimum Gasteiger partial charge on any atom is -0.456 e. The molecule has 2 aromatic heterocycles. The molecule has 0 spiro atoms. The average Bonchev–Trinajstić information content (AvgIpc) is 3.68. The molecule has 0 N–H and O–H groups in total. The first-order chi connectivity index (χ1) is 28.7. The highest BCUT2D eigenvalue weighted by molar-refractivity contribution is 6.13. The number of furan rings is 1. The second kappa shape index (κ2) is 14.0. The fraction of sp³-hybridized carbons (Fsp3) is 0. The summed E-state index contributed by atoms with van der Waals surface area (Å²) in [7, 11) is 0. The summed E-state index contributed by atoms with van der Waals surface area (Å²) in [5, 5.41) is 6.81. The number of benzene rings is 9. The van der Waals surface area contributed by atoms with Gasteiger partial charge in [-0.1, -0.05) is 152 Å². The number of aromatic nitrogens is 3. The first kappa shape index (κ1) is 33.4. The smallest absolute Gasteiger partial charge is 0.164 e. The zero-order valence-electron chi connectivity index (χ0n) is 31.3. The van der Waals surface area contributed by atoms with E-state index in [1.165, 1.54) is 21.5 Å². The van der Waals surface area contributed by atoms with Crippen molar-refractivity contribution in [2.24, 2.45) is 0 Å². The van der Waals surface area contributed by atoms with Crippen LogP contribution < -0.4 is 4.90 Å². The minimum atomic E-state index is 0.596. The van der Waals surface area contributed by atoms with Gasteiger partial charge in [0.1, 0.15) is 11.2 Å². The first-order valence-electron chi connectivity index (χ1n) is 19.4. The number of nitrogens with zero attached hydrogens (tertiary/aromatic N) is 4. The molecule has 5 nitrogen and oxygen atoms in total. The summed E-state index contributed by atoms with van der Waals surface area (Å²) in [4.78, 5) is 17.4. The van der Waals surface area contributed by atoms with E-state index in [0.717, 1.165) is 66.8 Å². The number of anilines is 3. The summed E-state index contributed by atoms with van der Waals surface area (Å²) in [5.41, 5.74) is 9.81. The van der Waals surface area contributed by atoms with Crippen molar-refractivity contribution < 1.29 is 4.42 Å². The van der Waals surface area contributed by atoms with Crippen molar-refractivity contribution in [1.82, 2.24) is 15.0 Å². The fourth-order valence-corrected chi connectivity index (χ4v) is 8.00. The standard InChI is InChI=1S/C53H34N4O/c1-3-14-38(15-4-1)51-54-52(39-16-5-2-6-17-39)56-53(55-51)46-20-11-21-49-50(46)47-34-42(26-31-48(47)58-49)37-22-27-43(28-23-37)57(44-29-24-35-12-7-9-18-40(35)32-44)45-30-25-36-13-8-10-19-41(36)33-45/h1-34H. The van der Waals surface area contributed by atoms with Crippen molar-refractivity contribution >= 4 is 60.5 Å². The molecule has 0 atom stereocenters. The lowest BCUT2D eigenvalue weighted by Crippen LogP contribution is -2.09. The van der Waals surface area contributed by atoms with E-state index in [9.17, 15) is 0 Å². The molecule has 0 amide bonds. The molecule has 0 saturated heterocycles. The van der Waals surface area contributed by atoms with Crippen LogP contribution in [0, 0.1) is 0 Å². The molecule has 9 aromatic carbocycles. The van der Waals surface area contributed by atoms with Crippen molar-refractivity contribution in [1.29, 1.82) is 0 Å². The van der Waals surface area contributed by atoms with Crippen molar-refractivity contribution in [3.63, 3.8) is 0 Å². The van der Waals surface area contributed by atoms with E-state index in [0.29, 0.717) is 17.5 Å². The third kappa shape index (κ3) is 6.03. The predicted octanol–water partition coefficient (Wildman–Crippen LogP) is 14.2. The molecular weight excluding hydrogens is 709 g/mol. The Hall–Kier alpha value is -7.89. The molecule has 0 aliphatic rings. The molecule has 0 radical (unpaired) electrons. The van der Waals surface area contributed by atoms with Crippen molar-refractivity contribution in [2.45, 2.75) is 0 Å². The number of fused-ring (bicyclic) bond motifs is 5. The Bertz CT molecular complexity index is 3150. The van der Waals surface area contributed by atoms with Gasteiger partial charge >= 0.3 is 0 Å². The van der Waals surface area contributed by atoms with Gasteiger partial charge in [0.2, 0.25) is 0 Å². The molecule has 0 unspecified atom stereocenters. The van der Waals surface area contributed by atoms with Crippen LogP contribution in [0.1, 0.15) is 0 Å². The molecule has 0 aliphatic carbocycles. The molecule has 0 saturated carbocycles. The molecule has 0 fully saturated rings. The van der Waals surface area contributed by atoms with Gasteiger partial charge in [0.05, 0.1) is 0 Å². The van der Waals surface area contributed by atoms with Crippen LogP contribution in [0.2, 0.25) is 0 Å². The number of hydrogen-bond donors (Lipinski definition) is 0. The van der Waals surface area contributed by atoms with E-state index in [4.69, 9.17) is 19.4 Å². The summed E-state index contributed by atoms with van der Waals surface area (Å²) < 4.78 is 6.47. The third-order valence-corrected chi connectivity index (χ3v) is 10.9. The highest BCUT2D eigenvalue weighted by Gasteiger charge is 2.19. The zero-order chi connectivity index (χ0) is 38.4. The molecular formula is C53H34N4O. The van der Waals surface area contributed by atoms with E-state index in [-0.39, 0.29) is 0 Å². The van der Waals surface area contributed by atoms with Gasteiger partial charge in [0, 0.05) is 44.5 Å². The highest BCUT2D eigenvalue weighted by Crippen LogP contribution is 2.41. The number of rotatable bonds is 7. The summed E-state index contributed by atoms with van der Waals surface area (Å²) in [5.74, 6) is 1.84. The van der Waals surface area contributed by atoms with Crippen LogP contribution in [0.5, 0.6) is 0 Å².